The maximum absolute atomic E-state index is 11.7. The molecule has 1 aliphatic carbocycles. The zero-order chi connectivity index (χ0) is 12.0. The van der Waals surface area contributed by atoms with Crippen LogP contribution in [-0.2, 0) is 4.79 Å². The molecule has 94 valence electrons. The van der Waals surface area contributed by atoms with E-state index < -0.39 is 12.1 Å². The summed E-state index contributed by atoms with van der Waals surface area (Å²) in [7, 11) is 0. The molecular weight excluding hydrogens is 204 g/mol. The van der Waals surface area contributed by atoms with Gasteiger partial charge in [-0.3, -0.25) is 4.79 Å². The van der Waals surface area contributed by atoms with Gasteiger partial charge in [-0.15, -0.1) is 0 Å². The molecule has 0 bridgehead atoms. The Bertz CT molecular complexity index is 221. The van der Waals surface area contributed by atoms with Crippen LogP contribution in [0, 0.1) is 0 Å². The number of unbranched alkanes of at least 4 members (excludes halogenated alkanes) is 1. The predicted octanol–water partition coefficient (Wildman–Crippen LogP) is 0.924. The normalized spacial score (nSPS) is 27.4. The summed E-state index contributed by atoms with van der Waals surface area (Å²) in [6, 6.07) is -0.511. The maximum atomic E-state index is 11.7. The molecule has 1 saturated carbocycles. The van der Waals surface area contributed by atoms with Gasteiger partial charge in [0.05, 0.1) is 18.2 Å². The van der Waals surface area contributed by atoms with Gasteiger partial charge in [0.2, 0.25) is 5.91 Å². The van der Waals surface area contributed by atoms with Crippen LogP contribution >= 0.6 is 0 Å². The van der Waals surface area contributed by atoms with E-state index in [0.29, 0.717) is 0 Å². The molecule has 4 nitrogen and oxygen atoms in total. The van der Waals surface area contributed by atoms with Crippen LogP contribution < -0.4 is 11.1 Å². The van der Waals surface area contributed by atoms with Gasteiger partial charge in [0.15, 0.2) is 0 Å². The number of carbonyl (C=O) groups is 1. The number of hydrogen-bond donors (Lipinski definition) is 3. The van der Waals surface area contributed by atoms with Crippen LogP contribution in [0.3, 0.4) is 0 Å². The lowest BCUT2D eigenvalue weighted by Gasteiger charge is -2.29. The van der Waals surface area contributed by atoms with Crippen LogP contribution in [0.5, 0.6) is 0 Å². The maximum Gasteiger partial charge on any atom is 0.237 e. The number of aliphatic hydroxyl groups excluding tert-OH is 1. The quantitative estimate of drug-likeness (QED) is 0.655. The highest BCUT2D eigenvalue weighted by Gasteiger charge is 2.25. The predicted molar refractivity (Wildman–Crippen MR) is 63.9 cm³/mol. The SMILES string of the molecule is CCCCC(N)C(=O)N[C@@H]1CCCC[C@H]1O. The zero-order valence-corrected chi connectivity index (χ0v) is 10.1. The minimum Gasteiger partial charge on any atom is -0.391 e. The van der Waals surface area contributed by atoms with E-state index in [0.717, 1.165) is 44.9 Å². The second-order valence-corrected chi connectivity index (χ2v) is 4.72. The lowest BCUT2D eigenvalue weighted by Crippen LogP contribution is -2.50. The van der Waals surface area contributed by atoms with Crippen molar-refractivity contribution in [3.63, 3.8) is 0 Å². The number of hydrogen-bond acceptors (Lipinski definition) is 3. The highest BCUT2D eigenvalue weighted by Crippen LogP contribution is 2.18. The van der Waals surface area contributed by atoms with E-state index in [-0.39, 0.29) is 11.9 Å². The largest absolute Gasteiger partial charge is 0.391 e. The summed E-state index contributed by atoms with van der Waals surface area (Å²) < 4.78 is 0. The first kappa shape index (κ1) is 13.5. The molecule has 1 unspecified atom stereocenters. The van der Waals surface area contributed by atoms with Gasteiger partial charge >= 0.3 is 0 Å². The molecule has 1 aliphatic rings. The third-order valence-electron chi connectivity index (χ3n) is 3.26. The van der Waals surface area contributed by atoms with Crippen LogP contribution in [0.15, 0.2) is 0 Å². The number of amides is 1. The molecule has 16 heavy (non-hydrogen) atoms. The fourth-order valence-electron chi connectivity index (χ4n) is 2.12. The summed E-state index contributed by atoms with van der Waals surface area (Å²) in [6.07, 6.45) is 6.14. The summed E-state index contributed by atoms with van der Waals surface area (Å²) >= 11 is 0. The third-order valence-corrected chi connectivity index (χ3v) is 3.26. The Balaban J connectivity index is 2.31. The van der Waals surface area contributed by atoms with E-state index >= 15 is 0 Å². The van der Waals surface area contributed by atoms with Crippen molar-refractivity contribution in [1.82, 2.24) is 5.32 Å². The van der Waals surface area contributed by atoms with Gasteiger partial charge < -0.3 is 16.2 Å². The molecule has 0 spiro atoms. The van der Waals surface area contributed by atoms with E-state index in [1.54, 1.807) is 0 Å². The number of nitrogens with one attached hydrogen (secondary N) is 1. The molecule has 4 N–H and O–H groups in total. The first-order valence-corrected chi connectivity index (χ1v) is 6.39. The molecule has 0 heterocycles. The van der Waals surface area contributed by atoms with Crippen molar-refractivity contribution in [2.24, 2.45) is 5.73 Å². The highest BCUT2D eigenvalue weighted by molar-refractivity contribution is 5.81. The Labute approximate surface area is 97.6 Å². The van der Waals surface area contributed by atoms with E-state index in [9.17, 15) is 9.90 Å². The smallest absolute Gasteiger partial charge is 0.237 e. The van der Waals surface area contributed by atoms with Crippen molar-refractivity contribution in [2.75, 3.05) is 0 Å². The number of aliphatic hydroxyl groups is 1. The van der Waals surface area contributed by atoms with Crippen LogP contribution in [0.2, 0.25) is 0 Å². The lowest BCUT2D eigenvalue weighted by atomic mass is 9.92. The molecule has 0 saturated heterocycles. The molecule has 3 atom stereocenters. The van der Waals surface area contributed by atoms with E-state index in [4.69, 9.17) is 5.73 Å². The molecule has 1 fully saturated rings. The van der Waals surface area contributed by atoms with E-state index in [2.05, 4.69) is 12.2 Å². The van der Waals surface area contributed by atoms with Gasteiger partial charge in [-0.1, -0.05) is 32.6 Å². The van der Waals surface area contributed by atoms with Gasteiger partial charge in [0, 0.05) is 0 Å². The third kappa shape index (κ3) is 4.10. The van der Waals surface area contributed by atoms with Gasteiger partial charge in [-0.2, -0.15) is 0 Å². The van der Waals surface area contributed by atoms with E-state index in [1.807, 2.05) is 0 Å². The topological polar surface area (TPSA) is 75.4 Å². The summed E-state index contributed by atoms with van der Waals surface area (Å²) in [5, 5.41) is 12.6. The van der Waals surface area contributed by atoms with Gasteiger partial charge in [-0.05, 0) is 19.3 Å². The minimum atomic E-state index is -0.422. The number of rotatable bonds is 5. The van der Waals surface area contributed by atoms with Gasteiger partial charge in [-0.25, -0.2) is 0 Å². The Morgan fingerprint density at radius 1 is 1.50 bits per heavy atom. The van der Waals surface area contributed by atoms with Crippen molar-refractivity contribution in [2.45, 2.75) is 70.1 Å². The molecule has 0 radical (unpaired) electrons. The summed E-state index contributed by atoms with van der Waals surface area (Å²) in [4.78, 5) is 11.7. The molecular formula is C12H24N2O2. The number of carbonyl (C=O) groups excluding carboxylic acids is 1. The van der Waals surface area contributed by atoms with Crippen molar-refractivity contribution in [3.8, 4) is 0 Å². The van der Waals surface area contributed by atoms with Gasteiger partial charge in [0.25, 0.3) is 0 Å². The second-order valence-electron chi connectivity index (χ2n) is 4.72. The molecule has 4 heteroatoms. The van der Waals surface area contributed by atoms with Crippen molar-refractivity contribution in [1.29, 1.82) is 0 Å². The van der Waals surface area contributed by atoms with E-state index in [1.165, 1.54) is 0 Å². The standard InChI is InChI=1S/C12H24N2O2/c1-2-3-6-9(13)12(16)14-10-7-4-5-8-11(10)15/h9-11,15H,2-8,13H2,1H3,(H,14,16)/t9?,10-,11-/m1/s1. The first-order chi connectivity index (χ1) is 7.65. The van der Waals surface area contributed by atoms with Crippen LogP contribution in [0.25, 0.3) is 0 Å². The fraction of sp³-hybridized carbons (Fsp3) is 0.917. The number of nitrogens with two attached hydrogens (primary N) is 1. The monoisotopic (exact) mass is 228 g/mol. The summed E-state index contributed by atoms with van der Waals surface area (Å²) in [6.45, 7) is 2.08. The lowest BCUT2D eigenvalue weighted by molar-refractivity contribution is -0.124. The average Bonchev–Trinajstić information content (AvgIpc) is 2.28. The molecule has 0 aromatic rings. The molecule has 0 aromatic carbocycles. The van der Waals surface area contributed by atoms with Crippen LogP contribution in [0.1, 0.15) is 51.9 Å². The summed E-state index contributed by atoms with van der Waals surface area (Å²) in [5.74, 6) is -0.112. The Morgan fingerprint density at radius 2 is 2.19 bits per heavy atom. The van der Waals surface area contributed by atoms with Crippen LogP contribution in [0.4, 0.5) is 0 Å². The molecule has 0 aromatic heterocycles. The molecule has 0 aliphatic heterocycles. The first-order valence-electron chi connectivity index (χ1n) is 6.39. The van der Waals surface area contributed by atoms with Crippen molar-refractivity contribution >= 4 is 5.91 Å². The molecule has 1 amide bonds. The fourth-order valence-corrected chi connectivity index (χ4v) is 2.12. The average molecular weight is 228 g/mol. The summed E-state index contributed by atoms with van der Waals surface area (Å²) in [5.41, 5.74) is 5.77. The van der Waals surface area contributed by atoms with Crippen molar-refractivity contribution < 1.29 is 9.90 Å². The van der Waals surface area contributed by atoms with Gasteiger partial charge in [0.1, 0.15) is 0 Å². The Hall–Kier alpha value is -0.610. The second kappa shape index (κ2) is 6.86. The van der Waals surface area contributed by atoms with Crippen LogP contribution in [-0.4, -0.2) is 29.2 Å². The highest BCUT2D eigenvalue weighted by atomic mass is 16.3. The Morgan fingerprint density at radius 3 is 2.81 bits per heavy atom. The molecule has 1 rings (SSSR count). The zero-order valence-electron chi connectivity index (χ0n) is 10.1. The van der Waals surface area contributed by atoms with Crippen molar-refractivity contribution in [3.05, 3.63) is 0 Å². The Kier molecular flexibility index (Phi) is 5.77. The minimum absolute atomic E-state index is 0.0890.